The van der Waals surface area contributed by atoms with Gasteiger partial charge in [-0.25, -0.2) is 0 Å². The summed E-state index contributed by atoms with van der Waals surface area (Å²) in [5.74, 6) is 0. The predicted molar refractivity (Wildman–Crippen MR) is 113 cm³/mol. The van der Waals surface area contributed by atoms with Crippen molar-refractivity contribution in [2.24, 2.45) is 0 Å². The molecule has 0 spiro atoms. The van der Waals surface area contributed by atoms with Gasteiger partial charge >= 0.3 is 29.6 Å². The molecule has 0 aliphatic heterocycles. The first-order chi connectivity index (χ1) is 12.4. The maximum Gasteiger partial charge on any atom is 1.00 e. The molecule has 0 radical (unpaired) electrons. The van der Waals surface area contributed by atoms with Crippen molar-refractivity contribution in [3.8, 4) is 0 Å². The summed E-state index contributed by atoms with van der Waals surface area (Å²) in [5.41, 5.74) is 0. The summed E-state index contributed by atoms with van der Waals surface area (Å²) >= 11 is -1.59. The Morgan fingerprint density at radius 1 is 0.308 bits per heavy atom. The van der Waals surface area contributed by atoms with Crippen LogP contribution in [-0.2, 0) is 0 Å². The smallest absolute Gasteiger partial charge is 0.179 e. The maximum absolute atomic E-state index is 1.67. The average Bonchev–Trinajstić information content (AvgIpc) is 2.72. The second-order valence-electron chi connectivity index (χ2n) is 10.7. The fourth-order valence-corrected chi connectivity index (χ4v) is 20.3. The zero-order valence-corrected chi connectivity index (χ0v) is 21.2. The second-order valence-corrected chi connectivity index (χ2v) is 16.8. The summed E-state index contributed by atoms with van der Waals surface area (Å²) in [6.45, 7) is 0. The van der Waals surface area contributed by atoms with Gasteiger partial charge in [-0.15, -0.1) is 0 Å². The molecule has 4 rings (SSSR count). The van der Waals surface area contributed by atoms with E-state index in [1.165, 1.54) is 19.1 Å². The van der Waals surface area contributed by atoms with Crippen LogP contribution in [-0.4, -0.2) is 13.1 Å². The first kappa shape index (κ1) is 22.2. The van der Waals surface area contributed by atoms with Crippen LogP contribution in [0, 0.1) is 0 Å². The Bertz CT molecular complexity index is 308. The zero-order valence-electron chi connectivity index (χ0n) is 18.0. The molecule has 26 heavy (non-hydrogen) atoms. The van der Waals surface area contributed by atoms with Gasteiger partial charge in [0.05, 0.1) is 0 Å². The Hall–Kier alpha value is 1.53. The van der Waals surface area contributed by atoms with Gasteiger partial charge in [0.15, 0.2) is 0 Å². The van der Waals surface area contributed by atoms with Gasteiger partial charge in [0.25, 0.3) is 0 Å². The van der Waals surface area contributed by atoms with Gasteiger partial charge in [0.2, 0.25) is 0 Å². The largest absolute Gasteiger partial charge is 1.00 e. The summed E-state index contributed by atoms with van der Waals surface area (Å²) in [7, 11) is 0. The molecule has 144 valence electrons. The molecule has 2 heteroatoms. The van der Waals surface area contributed by atoms with Gasteiger partial charge in [-0.3, -0.25) is 0 Å². The monoisotopic (exact) mass is 382 g/mol. The van der Waals surface area contributed by atoms with Crippen LogP contribution >= 0.6 is 0 Å². The third-order valence-corrected chi connectivity index (χ3v) is 19.1. The van der Waals surface area contributed by atoms with Crippen LogP contribution in [0.4, 0.5) is 0 Å². The molecule has 0 aromatic rings. The van der Waals surface area contributed by atoms with Crippen molar-refractivity contribution >= 4 is 13.1 Å². The molecular weight excluding hydrogens is 338 g/mol. The van der Waals surface area contributed by atoms with E-state index < -0.39 is 13.1 Å². The molecule has 0 unspecified atom stereocenters. The Labute approximate surface area is 189 Å². The third-order valence-electron chi connectivity index (χ3n) is 9.87. The van der Waals surface area contributed by atoms with E-state index in [0.717, 1.165) is 0 Å². The van der Waals surface area contributed by atoms with E-state index >= 15 is 0 Å². The van der Waals surface area contributed by atoms with Gasteiger partial charge in [-0.05, 0) is 0 Å². The quantitative estimate of drug-likeness (QED) is 0.541. The van der Waals surface area contributed by atoms with Crippen molar-refractivity contribution in [3.05, 3.63) is 0 Å². The second kappa shape index (κ2) is 11.1. The van der Waals surface area contributed by atoms with Gasteiger partial charge in [-0.1, -0.05) is 128 Å². The summed E-state index contributed by atoms with van der Waals surface area (Å²) < 4.78 is 5.09. The number of hydrogen-bond donors (Lipinski definition) is 0. The maximum atomic E-state index is 1.67. The third kappa shape index (κ3) is 4.64. The molecule has 4 aliphatic carbocycles. The molecule has 0 nitrogen and oxygen atoms in total. The first-order valence-corrected chi connectivity index (χ1v) is 15.3. The van der Waals surface area contributed by atoms with E-state index in [1.807, 2.05) is 0 Å². The summed E-state index contributed by atoms with van der Waals surface area (Å²) in [5, 5.41) is 0. The molecule has 0 saturated heterocycles. The minimum Gasteiger partial charge on any atom is -0.179 e. The van der Waals surface area contributed by atoms with Crippen molar-refractivity contribution < 1.29 is 29.6 Å². The predicted octanol–water partition coefficient (Wildman–Crippen LogP) is 5.78. The summed E-state index contributed by atoms with van der Waals surface area (Å²) in [4.78, 5) is 0. The van der Waals surface area contributed by atoms with E-state index in [4.69, 9.17) is 0 Å². The Morgan fingerprint density at radius 3 is 0.692 bits per heavy atom. The molecule has 0 bridgehead atoms. The van der Waals surface area contributed by atoms with Crippen molar-refractivity contribution in [1.29, 1.82) is 0 Å². The van der Waals surface area contributed by atoms with Crippen LogP contribution in [0.3, 0.4) is 0 Å². The van der Waals surface area contributed by atoms with E-state index in [0.29, 0.717) is 0 Å². The molecule has 0 aromatic heterocycles. The van der Waals surface area contributed by atoms with Crippen molar-refractivity contribution in [1.82, 2.24) is 0 Å². The van der Waals surface area contributed by atoms with Crippen LogP contribution in [0.25, 0.3) is 0 Å². The fraction of sp³-hybridized carbons (Fsp3) is 1.00. The van der Waals surface area contributed by atoms with E-state index in [1.54, 1.807) is 128 Å². The normalized spacial score (nSPS) is 28.6. The molecule has 4 aliphatic rings. The summed E-state index contributed by atoms with van der Waals surface area (Å²) in [6, 6.07) is 0. The molecule has 4 saturated carbocycles. The minimum absolute atomic E-state index is 0. The molecule has 0 atom stereocenters. The topological polar surface area (TPSA) is 0 Å². The SMILES string of the molecule is C1CC[CH]([Al-]([CH]2CCCCC2)([CH]2CCCCC2)[CH]2CCCCC2)CC1.[Na+]. The Balaban J connectivity index is 0.00000196. The molecule has 0 N–H and O–H groups in total. The first-order valence-electron chi connectivity index (χ1n) is 12.6. The van der Waals surface area contributed by atoms with E-state index in [9.17, 15) is 0 Å². The van der Waals surface area contributed by atoms with E-state index in [-0.39, 0.29) is 29.6 Å². The van der Waals surface area contributed by atoms with Gasteiger partial charge in [0, 0.05) is 0 Å². The van der Waals surface area contributed by atoms with Crippen molar-refractivity contribution in [2.45, 2.75) is 148 Å². The number of rotatable bonds is 4. The van der Waals surface area contributed by atoms with Crippen LogP contribution in [0.15, 0.2) is 0 Å². The Kier molecular flexibility index (Phi) is 9.46. The Morgan fingerprint density at radius 2 is 0.500 bits per heavy atom. The van der Waals surface area contributed by atoms with Crippen molar-refractivity contribution in [3.63, 3.8) is 0 Å². The van der Waals surface area contributed by atoms with Crippen LogP contribution in [0.2, 0.25) is 19.1 Å². The summed E-state index contributed by atoms with van der Waals surface area (Å²) in [6.07, 6.45) is 32.4. The van der Waals surface area contributed by atoms with Gasteiger partial charge in [-0.2, -0.15) is 19.1 Å². The van der Waals surface area contributed by atoms with Gasteiger partial charge in [0.1, 0.15) is 13.1 Å². The minimum atomic E-state index is -1.59. The molecular formula is C24H44AlNa. The standard InChI is InChI=1S/4C6H11.Al.Na/c4*1-2-4-6-5-3-1;;/h4*1H,2-6H2;;/q;;;;-1;+1. The molecule has 0 aromatic carbocycles. The van der Waals surface area contributed by atoms with Crippen LogP contribution in [0.5, 0.6) is 0 Å². The average molecular weight is 383 g/mol. The number of hydrogen-bond acceptors (Lipinski definition) is 0. The fourth-order valence-electron chi connectivity index (χ4n) is 9.16. The van der Waals surface area contributed by atoms with Gasteiger partial charge < -0.3 is 0 Å². The molecule has 0 amide bonds. The molecule has 4 fully saturated rings. The van der Waals surface area contributed by atoms with E-state index in [2.05, 4.69) is 0 Å². The van der Waals surface area contributed by atoms with Crippen molar-refractivity contribution in [2.75, 3.05) is 0 Å². The molecule has 0 heterocycles. The van der Waals surface area contributed by atoms with Crippen LogP contribution < -0.4 is 29.6 Å². The van der Waals surface area contributed by atoms with Crippen LogP contribution in [0.1, 0.15) is 128 Å². The zero-order chi connectivity index (χ0) is 17.0.